The summed E-state index contributed by atoms with van der Waals surface area (Å²) >= 11 is 0. The van der Waals surface area contributed by atoms with Crippen molar-refractivity contribution in [1.82, 2.24) is 15.1 Å². The molecule has 1 aromatic carbocycles. The van der Waals surface area contributed by atoms with Crippen LogP contribution in [0.4, 0.5) is 5.95 Å². The lowest BCUT2D eigenvalue weighted by Crippen LogP contribution is -2.28. The van der Waals surface area contributed by atoms with E-state index in [1.54, 1.807) is 19.2 Å². The minimum atomic E-state index is -1.36. The van der Waals surface area contributed by atoms with E-state index >= 15 is 0 Å². The molecule has 2 aromatic heterocycles. The molecule has 0 saturated heterocycles. The molecule has 2 heterocycles. The molecule has 0 aliphatic carbocycles. The first-order valence-electron chi connectivity index (χ1n) is 8.74. The Kier molecular flexibility index (Phi) is 6.09. The lowest BCUT2D eigenvalue weighted by atomic mass is 9.97. The van der Waals surface area contributed by atoms with Gasteiger partial charge in [0.2, 0.25) is 11.9 Å². The van der Waals surface area contributed by atoms with Gasteiger partial charge in [0.05, 0.1) is 12.3 Å². The number of hydrogen-bond acceptors (Lipinski definition) is 7. The molecule has 0 saturated carbocycles. The summed E-state index contributed by atoms with van der Waals surface area (Å²) in [5, 5.41) is 25.7. The smallest absolute Gasteiger partial charge is 0.247 e. The molecule has 0 bridgehead atoms. The van der Waals surface area contributed by atoms with Crippen LogP contribution in [0.2, 0.25) is 0 Å². The van der Waals surface area contributed by atoms with Crippen molar-refractivity contribution >= 4 is 11.9 Å². The first-order chi connectivity index (χ1) is 13.6. The summed E-state index contributed by atoms with van der Waals surface area (Å²) in [4.78, 5) is 20.8. The molecule has 8 heteroatoms. The van der Waals surface area contributed by atoms with Gasteiger partial charge in [0.25, 0.3) is 0 Å². The number of rotatable bonds is 7. The molecule has 0 aliphatic rings. The summed E-state index contributed by atoms with van der Waals surface area (Å²) in [6, 6.07) is 13.6. The molecule has 8 nitrogen and oxygen atoms in total. The number of carbonyl (C=O) groups is 1. The van der Waals surface area contributed by atoms with E-state index in [2.05, 4.69) is 20.4 Å². The molecule has 0 radical (unpaired) electrons. The normalized spacial score (nSPS) is 12.8. The Labute approximate surface area is 161 Å². The minimum Gasteiger partial charge on any atom is -0.386 e. The Balaban J connectivity index is 1.66. The van der Waals surface area contributed by atoms with Gasteiger partial charge in [0.15, 0.2) is 5.92 Å². The maximum atomic E-state index is 12.5. The second-order valence-corrected chi connectivity index (χ2v) is 6.24. The molecule has 1 amide bonds. The second kappa shape index (κ2) is 8.88. The predicted octanol–water partition coefficient (Wildman–Crippen LogP) is 2.37. The average molecular weight is 377 g/mol. The van der Waals surface area contributed by atoms with Gasteiger partial charge in [-0.3, -0.25) is 10.1 Å². The fourth-order valence-corrected chi connectivity index (χ4v) is 2.74. The van der Waals surface area contributed by atoms with Gasteiger partial charge >= 0.3 is 0 Å². The number of nitriles is 1. The number of nitrogens with one attached hydrogen (secondary N) is 1. The summed E-state index contributed by atoms with van der Waals surface area (Å²) in [6.45, 7) is 1.59. The number of aromatic nitrogens is 3. The molecule has 0 fully saturated rings. The summed E-state index contributed by atoms with van der Waals surface area (Å²) in [7, 11) is 0. The van der Waals surface area contributed by atoms with Crippen molar-refractivity contribution < 1.29 is 14.4 Å². The number of anilines is 1. The van der Waals surface area contributed by atoms with Crippen LogP contribution in [0.3, 0.4) is 0 Å². The Bertz CT molecular complexity index is 981. The number of benzene rings is 1. The molecule has 0 aliphatic heterocycles. The van der Waals surface area contributed by atoms with Gasteiger partial charge in [-0.05, 0) is 31.4 Å². The van der Waals surface area contributed by atoms with E-state index in [1.807, 2.05) is 36.4 Å². The standard InChI is InChI=1S/C20H19N5O3/c1-13-17(12-23-28-13)18(26)16(11-21)19(27)25-20-22-10-9-15(24-20)8-7-14-5-3-2-4-6-14/h2-6,9-10,12,16,18,26H,7-8H2,1H3,(H,22,24,25,27). The van der Waals surface area contributed by atoms with Crippen molar-refractivity contribution in [3.63, 3.8) is 0 Å². The van der Waals surface area contributed by atoms with Gasteiger partial charge in [-0.25, -0.2) is 9.97 Å². The third-order valence-corrected chi connectivity index (χ3v) is 4.30. The van der Waals surface area contributed by atoms with Crippen LogP contribution >= 0.6 is 0 Å². The van der Waals surface area contributed by atoms with Crippen LogP contribution in [-0.4, -0.2) is 26.1 Å². The molecule has 2 atom stereocenters. The average Bonchev–Trinajstić information content (AvgIpc) is 3.14. The second-order valence-electron chi connectivity index (χ2n) is 6.24. The van der Waals surface area contributed by atoms with Crippen molar-refractivity contribution in [3.8, 4) is 6.07 Å². The summed E-state index contributed by atoms with van der Waals surface area (Å²) in [6.07, 6.45) is 2.96. The predicted molar refractivity (Wildman–Crippen MR) is 99.8 cm³/mol. The zero-order valence-electron chi connectivity index (χ0n) is 15.2. The van der Waals surface area contributed by atoms with Crippen LogP contribution in [-0.2, 0) is 17.6 Å². The van der Waals surface area contributed by atoms with E-state index in [0.29, 0.717) is 17.7 Å². The monoisotopic (exact) mass is 377 g/mol. The molecule has 2 unspecified atom stereocenters. The number of aliphatic hydroxyl groups is 1. The quantitative estimate of drug-likeness (QED) is 0.647. The van der Waals surface area contributed by atoms with Crippen LogP contribution < -0.4 is 5.32 Å². The van der Waals surface area contributed by atoms with Crippen molar-refractivity contribution in [2.24, 2.45) is 5.92 Å². The molecular weight excluding hydrogens is 358 g/mol. The van der Waals surface area contributed by atoms with Gasteiger partial charge in [-0.1, -0.05) is 35.5 Å². The maximum Gasteiger partial charge on any atom is 0.247 e. The summed E-state index contributed by atoms with van der Waals surface area (Å²) in [5.41, 5.74) is 2.24. The van der Waals surface area contributed by atoms with Crippen molar-refractivity contribution in [1.29, 1.82) is 5.26 Å². The first-order valence-corrected chi connectivity index (χ1v) is 8.74. The lowest BCUT2D eigenvalue weighted by Gasteiger charge is -2.15. The van der Waals surface area contributed by atoms with Gasteiger partial charge in [0.1, 0.15) is 11.9 Å². The topological polar surface area (TPSA) is 125 Å². The number of aryl methyl sites for hydroxylation is 3. The molecule has 0 spiro atoms. The first kappa shape index (κ1) is 19.2. The van der Waals surface area contributed by atoms with Crippen LogP contribution in [0.5, 0.6) is 0 Å². The largest absolute Gasteiger partial charge is 0.386 e. The lowest BCUT2D eigenvalue weighted by molar-refractivity contribution is -0.121. The van der Waals surface area contributed by atoms with Crippen molar-refractivity contribution in [2.75, 3.05) is 5.32 Å². The van der Waals surface area contributed by atoms with Crippen LogP contribution in [0.25, 0.3) is 0 Å². The van der Waals surface area contributed by atoms with E-state index in [0.717, 1.165) is 12.1 Å². The molecule has 2 N–H and O–H groups in total. The number of hydrogen-bond donors (Lipinski definition) is 2. The molecule has 142 valence electrons. The minimum absolute atomic E-state index is 0.0880. The summed E-state index contributed by atoms with van der Waals surface area (Å²) < 4.78 is 4.88. The van der Waals surface area contributed by atoms with Gasteiger partial charge < -0.3 is 9.63 Å². The third kappa shape index (κ3) is 4.58. The number of nitrogens with zero attached hydrogens (tertiary/aromatic N) is 4. The van der Waals surface area contributed by atoms with E-state index < -0.39 is 17.9 Å². The SMILES string of the molecule is Cc1oncc1C(O)C(C#N)C(=O)Nc1nccc(CCc2ccccc2)n1. The number of carbonyl (C=O) groups excluding carboxylic acids is 1. The Hall–Kier alpha value is -3.57. The Morgan fingerprint density at radius 2 is 2.07 bits per heavy atom. The van der Waals surface area contributed by atoms with E-state index in [9.17, 15) is 15.2 Å². The van der Waals surface area contributed by atoms with Gasteiger partial charge in [-0.15, -0.1) is 0 Å². The Morgan fingerprint density at radius 1 is 1.29 bits per heavy atom. The zero-order chi connectivity index (χ0) is 19.9. The van der Waals surface area contributed by atoms with Crippen molar-refractivity contribution in [3.05, 3.63) is 71.4 Å². The van der Waals surface area contributed by atoms with E-state index in [4.69, 9.17) is 4.52 Å². The number of aliphatic hydroxyl groups excluding tert-OH is 1. The third-order valence-electron chi connectivity index (χ3n) is 4.30. The van der Waals surface area contributed by atoms with Crippen LogP contribution in [0, 0.1) is 24.2 Å². The number of amides is 1. The Morgan fingerprint density at radius 3 is 2.75 bits per heavy atom. The molecule has 3 aromatic rings. The van der Waals surface area contributed by atoms with Crippen LogP contribution in [0.1, 0.15) is 28.7 Å². The fraction of sp³-hybridized carbons (Fsp3) is 0.250. The van der Waals surface area contributed by atoms with Gasteiger partial charge in [-0.2, -0.15) is 5.26 Å². The summed E-state index contributed by atoms with van der Waals surface area (Å²) in [5.74, 6) is -1.62. The van der Waals surface area contributed by atoms with Crippen molar-refractivity contribution in [2.45, 2.75) is 25.9 Å². The van der Waals surface area contributed by atoms with E-state index in [1.165, 1.54) is 11.8 Å². The molecule has 28 heavy (non-hydrogen) atoms. The molecular formula is C20H19N5O3. The fourth-order valence-electron chi connectivity index (χ4n) is 2.74. The zero-order valence-corrected chi connectivity index (χ0v) is 15.2. The highest BCUT2D eigenvalue weighted by Crippen LogP contribution is 2.25. The van der Waals surface area contributed by atoms with E-state index in [-0.39, 0.29) is 5.95 Å². The highest BCUT2D eigenvalue weighted by Gasteiger charge is 2.31. The maximum absolute atomic E-state index is 12.5. The highest BCUT2D eigenvalue weighted by atomic mass is 16.5. The highest BCUT2D eigenvalue weighted by molar-refractivity contribution is 5.93. The van der Waals surface area contributed by atoms with Crippen LogP contribution in [0.15, 0.2) is 53.3 Å². The molecule has 3 rings (SSSR count). The van der Waals surface area contributed by atoms with Gasteiger partial charge in [0, 0.05) is 17.5 Å².